The van der Waals surface area contributed by atoms with E-state index in [1.807, 2.05) is 30.3 Å². The lowest BCUT2D eigenvalue weighted by Crippen LogP contribution is -2.13. The highest BCUT2D eigenvalue weighted by atomic mass is 19.1. The van der Waals surface area contributed by atoms with Crippen molar-refractivity contribution in [1.82, 2.24) is 4.98 Å². The molecule has 0 radical (unpaired) electrons. The minimum atomic E-state index is -0.347. The van der Waals surface area contributed by atoms with Crippen LogP contribution in [-0.4, -0.2) is 16.0 Å². The predicted molar refractivity (Wildman–Crippen MR) is 111 cm³/mol. The summed E-state index contributed by atoms with van der Waals surface area (Å²) >= 11 is 0. The fraction of sp³-hybridized carbons (Fsp3) is 0. The highest BCUT2D eigenvalue weighted by molar-refractivity contribution is 6.03. The van der Waals surface area contributed by atoms with Crippen molar-refractivity contribution in [3.05, 3.63) is 103 Å². The molecular formula is C24H17FN2O2. The van der Waals surface area contributed by atoms with E-state index in [9.17, 15) is 14.3 Å². The van der Waals surface area contributed by atoms with Gasteiger partial charge < -0.3 is 10.4 Å². The van der Waals surface area contributed by atoms with E-state index in [-0.39, 0.29) is 23.2 Å². The van der Waals surface area contributed by atoms with Crippen LogP contribution in [0.5, 0.6) is 5.75 Å². The molecule has 0 fully saturated rings. The molecule has 4 nitrogen and oxygen atoms in total. The summed E-state index contributed by atoms with van der Waals surface area (Å²) in [6.45, 7) is 0. The Labute approximate surface area is 167 Å². The van der Waals surface area contributed by atoms with E-state index in [2.05, 4.69) is 10.3 Å². The van der Waals surface area contributed by atoms with Crippen LogP contribution >= 0.6 is 0 Å². The number of phenols is 1. The number of carbonyl (C=O) groups is 1. The molecule has 0 saturated heterocycles. The highest BCUT2D eigenvalue weighted by Crippen LogP contribution is 2.27. The van der Waals surface area contributed by atoms with Gasteiger partial charge in [0.05, 0.1) is 0 Å². The molecule has 142 valence electrons. The zero-order chi connectivity index (χ0) is 20.2. The van der Waals surface area contributed by atoms with Crippen molar-refractivity contribution in [2.75, 3.05) is 5.32 Å². The Morgan fingerprint density at radius 3 is 2.24 bits per heavy atom. The van der Waals surface area contributed by atoms with Crippen LogP contribution in [0.4, 0.5) is 10.1 Å². The lowest BCUT2D eigenvalue weighted by atomic mass is 10.00. The second-order valence-corrected chi connectivity index (χ2v) is 6.49. The summed E-state index contributed by atoms with van der Waals surface area (Å²) < 4.78 is 14.0. The smallest absolute Gasteiger partial charge is 0.274 e. The van der Waals surface area contributed by atoms with E-state index in [1.165, 1.54) is 18.2 Å². The van der Waals surface area contributed by atoms with E-state index in [1.54, 1.807) is 42.6 Å². The summed E-state index contributed by atoms with van der Waals surface area (Å²) in [4.78, 5) is 16.6. The highest BCUT2D eigenvalue weighted by Gasteiger charge is 2.10. The first-order chi connectivity index (χ1) is 14.1. The van der Waals surface area contributed by atoms with E-state index < -0.39 is 0 Å². The Bertz CT molecular complexity index is 1160. The van der Waals surface area contributed by atoms with Crippen molar-refractivity contribution in [1.29, 1.82) is 0 Å². The molecule has 29 heavy (non-hydrogen) atoms. The number of carbonyl (C=O) groups excluding carboxylic acids is 1. The third-order valence-corrected chi connectivity index (χ3v) is 4.52. The molecule has 2 N–H and O–H groups in total. The molecule has 1 amide bonds. The standard InChI is InChI=1S/C24H17FN2O2/c25-22-4-2-1-3-21(22)17-7-5-16(6-8-17)18-13-14-26-23(15-18)24(29)27-19-9-11-20(28)12-10-19/h1-15,28H,(H,27,29). The number of amides is 1. The predicted octanol–water partition coefficient (Wildman–Crippen LogP) is 5.51. The topological polar surface area (TPSA) is 62.2 Å². The van der Waals surface area contributed by atoms with Crippen LogP contribution in [0.15, 0.2) is 91.1 Å². The number of benzene rings is 3. The average molecular weight is 384 g/mol. The van der Waals surface area contributed by atoms with Gasteiger partial charge in [-0.1, -0.05) is 42.5 Å². The second kappa shape index (κ2) is 7.94. The van der Waals surface area contributed by atoms with Crippen LogP contribution in [0, 0.1) is 5.82 Å². The number of halogens is 1. The minimum absolute atomic E-state index is 0.127. The molecule has 5 heteroatoms. The number of phenolic OH excluding ortho intramolecular Hbond substituents is 1. The molecule has 1 heterocycles. The largest absolute Gasteiger partial charge is 0.508 e. The molecule has 0 aliphatic rings. The number of nitrogens with one attached hydrogen (secondary N) is 1. The Kier molecular flexibility index (Phi) is 5.03. The van der Waals surface area contributed by atoms with Gasteiger partial charge in [-0.3, -0.25) is 9.78 Å². The number of aromatic hydroxyl groups is 1. The summed E-state index contributed by atoms with van der Waals surface area (Å²) in [7, 11) is 0. The maximum Gasteiger partial charge on any atom is 0.274 e. The Balaban J connectivity index is 1.56. The average Bonchev–Trinajstić information content (AvgIpc) is 2.76. The molecule has 0 spiro atoms. The van der Waals surface area contributed by atoms with Gasteiger partial charge in [0.1, 0.15) is 17.3 Å². The molecule has 4 rings (SSSR count). The van der Waals surface area contributed by atoms with E-state index >= 15 is 0 Å². The molecule has 0 saturated carbocycles. The molecule has 4 aromatic rings. The van der Waals surface area contributed by atoms with Crippen molar-refractivity contribution in [2.24, 2.45) is 0 Å². The minimum Gasteiger partial charge on any atom is -0.508 e. The lowest BCUT2D eigenvalue weighted by Gasteiger charge is -2.08. The van der Waals surface area contributed by atoms with Crippen molar-refractivity contribution in [2.45, 2.75) is 0 Å². The Hall–Kier alpha value is -3.99. The number of hydrogen-bond acceptors (Lipinski definition) is 3. The van der Waals surface area contributed by atoms with Crippen molar-refractivity contribution in [3.63, 3.8) is 0 Å². The maximum absolute atomic E-state index is 14.0. The van der Waals surface area contributed by atoms with Gasteiger partial charge in [0.2, 0.25) is 0 Å². The SMILES string of the molecule is O=C(Nc1ccc(O)cc1)c1cc(-c2ccc(-c3ccccc3F)cc2)ccn1. The zero-order valence-corrected chi connectivity index (χ0v) is 15.3. The van der Waals surface area contributed by atoms with Gasteiger partial charge in [-0.05, 0) is 59.2 Å². The van der Waals surface area contributed by atoms with Crippen LogP contribution in [0.3, 0.4) is 0 Å². The Morgan fingerprint density at radius 2 is 1.52 bits per heavy atom. The number of aromatic nitrogens is 1. The number of anilines is 1. The Morgan fingerprint density at radius 1 is 0.828 bits per heavy atom. The van der Waals surface area contributed by atoms with Crippen LogP contribution in [0.1, 0.15) is 10.5 Å². The van der Waals surface area contributed by atoms with Gasteiger partial charge in [0.25, 0.3) is 5.91 Å². The van der Waals surface area contributed by atoms with Crippen LogP contribution in [0.25, 0.3) is 22.3 Å². The number of nitrogens with zero attached hydrogens (tertiary/aromatic N) is 1. The van der Waals surface area contributed by atoms with Crippen LogP contribution < -0.4 is 5.32 Å². The molecule has 0 atom stereocenters. The monoisotopic (exact) mass is 384 g/mol. The summed E-state index contributed by atoms with van der Waals surface area (Å²) in [5.41, 5.74) is 3.89. The summed E-state index contributed by atoms with van der Waals surface area (Å²) in [5.74, 6) is -0.486. The molecular weight excluding hydrogens is 367 g/mol. The van der Waals surface area contributed by atoms with Crippen molar-refractivity contribution >= 4 is 11.6 Å². The summed E-state index contributed by atoms with van der Waals surface area (Å²) in [6.07, 6.45) is 1.58. The van der Waals surface area contributed by atoms with Gasteiger partial charge in [-0.2, -0.15) is 0 Å². The molecule has 0 bridgehead atoms. The fourth-order valence-electron chi connectivity index (χ4n) is 3.01. The first-order valence-electron chi connectivity index (χ1n) is 9.02. The van der Waals surface area contributed by atoms with Gasteiger partial charge in [0, 0.05) is 17.4 Å². The summed E-state index contributed by atoms with van der Waals surface area (Å²) in [6, 6.07) is 23.8. The first-order valence-corrected chi connectivity index (χ1v) is 9.02. The number of pyridine rings is 1. The summed E-state index contributed by atoms with van der Waals surface area (Å²) in [5, 5.41) is 12.1. The van der Waals surface area contributed by atoms with Gasteiger partial charge >= 0.3 is 0 Å². The van der Waals surface area contributed by atoms with Crippen molar-refractivity contribution < 1.29 is 14.3 Å². The molecule has 0 unspecified atom stereocenters. The quantitative estimate of drug-likeness (QED) is 0.456. The molecule has 3 aromatic carbocycles. The molecule has 1 aromatic heterocycles. The maximum atomic E-state index is 14.0. The fourth-order valence-corrected chi connectivity index (χ4v) is 3.01. The van der Waals surface area contributed by atoms with E-state index in [0.717, 1.165) is 16.7 Å². The molecule has 0 aliphatic heterocycles. The normalized spacial score (nSPS) is 10.5. The van der Waals surface area contributed by atoms with E-state index in [0.29, 0.717) is 11.3 Å². The van der Waals surface area contributed by atoms with Gasteiger partial charge in [-0.25, -0.2) is 4.39 Å². The molecule has 0 aliphatic carbocycles. The second-order valence-electron chi connectivity index (χ2n) is 6.49. The van der Waals surface area contributed by atoms with Gasteiger partial charge in [-0.15, -0.1) is 0 Å². The zero-order valence-electron chi connectivity index (χ0n) is 15.3. The van der Waals surface area contributed by atoms with Gasteiger partial charge in [0.15, 0.2) is 0 Å². The lowest BCUT2D eigenvalue weighted by molar-refractivity contribution is 0.102. The van der Waals surface area contributed by atoms with E-state index in [4.69, 9.17) is 0 Å². The first kappa shape index (κ1) is 18.4. The van der Waals surface area contributed by atoms with Crippen molar-refractivity contribution in [3.8, 4) is 28.0 Å². The third-order valence-electron chi connectivity index (χ3n) is 4.52. The number of hydrogen-bond donors (Lipinski definition) is 2. The van der Waals surface area contributed by atoms with Crippen LogP contribution in [0.2, 0.25) is 0 Å². The third kappa shape index (κ3) is 4.14. The number of rotatable bonds is 4. The van der Waals surface area contributed by atoms with Crippen LogP contribution in [-0.2, 0) is 0 Å².